The molecule has 0 bridgehead atoms. The third kappa shape index (κ3) is 4.02. The summed E-state index contributed by atoms with van der Waals surface area (Å²) in [6.45, 7) is 4.81. The summed E-state index contributed by atoms with van der Waals surface area (Å²) in [5.74, 6) is 0. The Morgan fingerprint density at radius 3 is 2.62 bits per heavy atom. The number of rotatable bonds is 6. The number of nitrogens with zero attached hydrogens (tertiary/aromatic N) is 2. The van der Waals surface area contributed by atoms with E-state index in [0.717, 1.165) is 0 Å². The average Bonchev–Trinajstić information content (AvgIpc) is 2.98. The molecule has 0 saturated heterocycles. The quantitative estimate of drug-likeness (QED) is 0.645. The predicted molar refractivity (Wildman–Crippen MR) is 82.2 cm³/mol. The first-order valence-corrected chi connectivity index (χ1v) is 7.67. The van der Waals surface area contributed by atoms with Crippen LogP contribution in [0.2, 0.25) is 0 Å². The second-order valence-electron chi connectivity index (χ2n) is 6.10. The van der Waals surface area contributed by atoms with Crippen molar-refractivity contribution in [3.63, 3.8) is 0 Å². The second kappa shape index (κ2) is 7.00. The molecule has 5 heteroatoms. The van der Waals surface area contributed by atoms with Crippen molar-refractivity contribution < 1.29 is 10.0 Å². The van der Waals surface area contributed by atoms with E-state index >= 15 is 0 Å². The number of aliphatic hydroxyl groups excluding tert-OH is 1. The highest BCUT2D eigenvalue weighted by Crippen LogP contribution is 2.28. The van der Waals surface area contributed by atoms with Crippen LogP contribution in [0.15, 0.2) is 24.3 Å². The number of hydrogen-bond acceptors (Lipinski definition) is 4. The number of aliphatic hydroxyl groups is 1. The molecule has 116 valence electrons. The van der Waals surface area contributed by atoms with Gasteiger partial charge in [-0.3, -0.25) is 15.0 Å². The van der Waals surface area contributed by atoms with E-state index in [1.807, 2.05) is 0 Å². The van der Waals surface area contributed by atoms with Crippen LogP contribution >= 0.6 is 0 Å². The van der Waals surface area contributed by atoms with Crippen LogP contribution in [0.5, 0.6) is 0 Å². The normalized spacial score (nSPS) is 17.6. The molecule has 21 heavy (non-hydrogen) atoms. The maximum Gasteiger partial charge on any atom is 0.269 e. The molecule has 0 radical (unpaired) electrons. The molecule has 0 amide bonds. The molecule has 2 rings (SSSR count). The zero-order chi connectivity index (χ0) is 15.4. The number of nitro benzene ring substituents is 1. The lowest BCUT2D eigenvalue weighted by Gasteiger charge is -2.34. The molecule has 1 unspecified atom stereocenters. The Balaban J connectivity index is 2.09. The Morgan fingerprint density at radius 2 is 2.05 bits per heavy atom. The fourth-order valence-electron chi connectivity index (χ4n) is 3.17. The van der Waals surface area contributed by atoms with Gasteiger partial charge in [-0.25, -0.2) is 0 Å². The highest BCUT2D eigenvalue weighted by Gasteiger charge is 2.27. The van der Waals surface area contributed by atoms with E-state index in [9.17, 15) is 15.2 Å². The van der Waals surface area contributed by atoms with E-state index < -0.39 is 11.0 Å². The van der Waals surface area contributed by atoms with Crippen molar-refractivity contribution in [2.24, 2.45) is 0 Å². The van der Waals surface area contributed by atoms with E-state index in [-0.39, 0.29) is 5.69 Å². The number of benzene rings is 1. The van der Waals surface area contributed by atoms with Gasteiger partial charge in [0, 0.05) is 30.8 Å². The van der Waals surface area contributed by atoms with Gasteiger partial charge in [0.15, 0.2) is 0 Å². The molecule has 1 aromatic rings. The summed E-state index contributed by atoms with van der Waals surface area (Å²) < 4.78 is 0. The van der Waals surface area contributed by atoms with Crippen LogP contribution in [0.25, 0.3) is 0 Å². The van der Waals surface area contributed by atoms with Crippen LogP contribution in [-0.2, 0) is 0 Å². The van der Waals surface area contributed by atoms with Gasteiger partial charge >= 0.3 is 0 Å². The van der Waals surface area contributed by atoms with Gasteiger partial charge in [0.2, 0.25) is 0 Å². The summed E-state index contributed by atoms with van der Waals surface area (Å²) in [4.78, 5) is 12.7. The Bertz CT molecular complexity index is 484. The summed E-state index contributed by atoms with van der Waals surface area (Å²) in [7, 11) is 0. The molecule has 1 fully saturated rings. The first-order valence-electron chi connectivity index (χ1n) is 7.67. The SMILES string of the molecule is CC(C)N(CC(O)c1cccc([N+](=O)[O-])c1)C1CCCC1. The molecule has 1 aromatic carbocycles. The average molecular weight is 292 g/mol. The van der Waals surface area contributed by atoms with Gasteiger partial charge in [-0.1, -0.05) is 25.0 Å². The van der Waals surface area contributed by atoms with Crippen LogP contribution in [0, 0.1) is 10.1 Å². The number of nitro groups is 1. The molecule has 0 heterocycles. The van der Waals surface area contributed by atoms with Crippen LogP contribution in [0.3, 0.4) is 0 Å². The number of hydrogen-bond donors (Lipinski definition) is 1. The van der Waals surface area contributed by atoms with Crippen molar-refractivity contribution in [1.29, 1.82) is 0 Å². The van der Waals surface area contributed by atoms with Crippen molar-refractivity contribution in [2.75, 3.05) is 6.54 Å². The molecule has 0 aliphatic heterocycles. The summed E-state index contributed by atoms with van der Waals surface area (Å²) in [5, 5.41) is 21.3. The highest BCUT2D eigenvalue weighted by atomic mass is 16.6. The first-order chi connectivity index (χ1) is 9.99. The smallest absolute Gasteiger partial charge is 0.269 e. The topological polar surface area (TPSA) is 66.6 Å². The fraction of sp³-hybridized carbons (Fsp3) is 0.625. The van der Waals surface area contributed by atoms with Gasteiger partial charge in [0.25, 0.3) is 5.69 Å². The van der Waals surface area contributed by atoms with Crippen LogP contribution < -0.4 is 0 Å². The minimum absolute atomic E-state index is 0.0310. The van der Waals surface area contributed by atoms with E-state index in [2.05, 4.69) is 18.7 Å². The van der Waals surface area contributed by atoms with Crippen molar-refractivity contribution in [3.8, 4) is 0 Å². The summed E-state index contributed by atoms with van der Waals surface area (Å²) in [6, 6.07) is 7.20. The summed E-state index contributed by atoms with van der Waals surface area (Å²) >= 11 is 0. The molecule has 1 N–H and O–H groups in total. The molecule has 5 nitrogen and oxygen atoms in total. The molecule has 0 aromatic heterocycles. The van der Waals surface area contributed by atoms with Crippen molar-refractivity contribution in [3.05, 3.63) is 39.9 Å². The predicted octanol–water partition coefficient (Wildman–Crippen LogP) is 3.28. The standard InChI is InChI=1S/C16H24N2O3/c1-12(2)17(14-7-3-4-8-14)11-16(19)13-6-5-9-15(10-13)18(20)21/h5-6,9-10,12,14,16,19H,3-4,7-8,11H2,1-2H3. The zero-order valence-electron chi connectivity index (χ0n) is 12.7. The van der Waals surface area contributed by atoms with Crippen molar-refractivity contribution in [2.45, 2.75) is 57.7 Å². The second-order valence-corrected chi connectivity index (χ2v) is 6.10. The minimum atomic E-state index is -0.687. The lowest BCUT2D eigenvalue weighted by molar-refractivity contribution is -0.385. The molecule has 1 aliphatic carbocycles. The van der Waals surface area contributed by atoms with Crippen LogP contribution in [-0.4, -0.2) is 33.6 Å². The van der Waals surface area contributed by atoms with Gasteiger partial charge in [-0.05, 0) is 32.3 Å². The summed E-state index contributed by atoms with van der Waals surface area (Å²) in [5.41, 5.74) is 0.649. The summed E-state index contributed by atoms with van der Waals surface area (Å²) in [6.07, 6.45) is 4.18. The van der Waals surface area contributed by atoms with E-state index in [4.69, 9.17) is 0 Å². The maximum absolute atomic E-state index is 10.8. The van der Waals surface area contributed by atoms with Crippen molar-refractivity contribution in [1.82, 2.24) is 4.90 Å². The first kappa shape index (κ1) is 15.9. The third-order valence-electron chi connectivity index (χ3n) is 4.31. The van der Waals surface area contributed by atoms with Gasteiger partial charge < -0.3 is 5.11 Å². The molecule has 1 aliphatic rings. The van der Waals surface area contributed by atoms with Crippen LogP contribution in [0.1, 0.15) is 51.2 Å². The highest BCUT2D eigenvalue weighted by molar-refractivity contribution is 5.35. The monoisotopic (exact) mass is 292 g/mol. The van der Waals surface area contributed by atoms with Gasteiger partial charge in [0.05, 0.1) is 11.0 Å². The lowest BCUT2D eigenvalue weighted by atomic mass is 10.1. The Kier molecular flexibility index (Phi) is 5.31. The Morgan fingerprint density at radius 1 is 1.38 bits per heavy atom. The zero-order valence-corrected chi connectivity index (χ0v) is 12.7. The third-order valence-corrected chi connectivity index (χ3v) is 4.31. The molecular weight excluding hydrogens is 268 g/mol. The largest absolute Gasteiger partial charge is 0.387 e. The van der Waals surface area contributed by atoms with Crippen LogP contribution in [0.4, 0.5) is 5.69 Å². The molecular formula is C16H24N2O3. The molecule has 0 spiro atoms. The van der Waals surface area contributed by atoms with E-state index in [0.29, 0.717) is 24.2 Å². The Labute approximate surface area is 125 Å². The van der Waals surface area contributed by atoms with Gasteiger partial charge in [-0.15, -0.1) is 0 Å². The molecule has 1 saturated carbocycles. The van der Waals surface area contributed by atoms with E-state index in [1.165, 1.54) is 37.8 Å². The maximum atomic E-state index is 10.8. The fourth-order valence-corrected chi connectivity index (χ4v) is 3.17. The lowest BCUT2D eigenvalue weighted by Crippen LogP contribution is -2.41. The molecule has 1 atom stereocenters. The van der Waals surface area contributed by atoms with Gasteiger partial charge in [0.1, 0.15) is 0 Å². The number of non-ortho nitro benzene ring substituents is 1. The van der Waals surface area contributed by atoms with Gasteiger partial charge in [-0.2, -0.15) is 0 Å². The van der Waals surface area contributed by atoms with E-state index in [1.54, 1.807) is 12.1 Å². The Hall–Kier alpha value is -1.46. The van der Waals surface area contributed by atoms with Crippen molar-refractivity contribution >= 4 is 5.69 Å². The minimum Gasteiger partial charge on any atom is -0.387 e.